The minimum atomic E-state index is -0.357. The highest BCUT2D eigenvalue weighted by molar-refractivity contribution is 8.18. The molecule has 1 aliphatic heterocycles. The van der Waals surface area contributed by atoms with Crippen LogP contribution >= 0.6 is 11.8 Å². The van der Waals surface area contributed by atoms with Crippen molar-refractivity contribution in [1.82, 2.24) is 5.32 Å². The molecular weight excluding hydrogens is 398 g/mol. The van der Waals surface area contributed by atoms with Crippen LogP contribution in [0.4, 0.5) is 4.79 Å². The van der Waals surface area contributed by atoms with Gasteiger partial charge in [-0.3, -0.25) is 14.9 Å². The minimum absolute atomic E-state index is 0.342. The third kappa shape index (κ3) is 5.45. The quantitative estimate of drug-likeness (QED) is 0.433. The first kappa shape index (κ1) is 22.0. The summed E-state index contributed by atoms with van der Waals surface area (Å²) in [6.45, 7) is 9.56. The molecule has 0 bridgehead atoms. The van der Waals surface area contributed by atoms with Crippen LogP contribution in [0.5, 0.6) is 11.5 Å². The number of thioether (sulfide) groups is 1. The molecule has 1 saturated heterocycles. The second-order valence-corrected chi connectivity index (χ2v) is 8.71. The molecule has 5 nitrogen and oxygen atoms in total. The molecule has 0 atom stereocenters. The lowest BCUT2D eigenvalue weighted by molar-refractivity contribution is -0.115. The summed E-state index contributed by atoms with van der Waals surface area (Å²) in [5, 5.41) is 1.90. The average Bonchev–Trinajstić information content (AvgIpc) is 3.02. The standard InChI is InChI=1S/C24H27NO4S/c1-15(2)19-6-5-7-20(16(3)4)22(19)29-13-12-28-18-10-8-17(9-11-18)14-21-23(26)25-24(27)30-21/h5-11,14-16H,12-13H2,1-4H3,(H,25,26,27)/b21-14-. The van der Waals surface area contributed by atoms with Gasteiger partial charge >= 0.3 is 0 Å². The highest BCUT2D eigenvalue weighted by atomic mass is 32.2. The lowest BCUT2D eigenvalue weighted by Gasteiger charge is -2.20. The Hall–Kier alpha value is -2.73. The van der Waals surface area contributed by atoms with Crippen molar-refractivity contribution in [2.24, 2.45) is 0 Å². The predicted octanol–water partition coefficient (Wildman–Crippen LogP) is 5.72. The molecule has 2 aromatic carbocycles. The van der Waals surface area contributed by atoms with Crippen LogP contribution in [0, 0.1) is 0 Å². The predicted molar refractivity (Wildman–Crippen MR) is 121 cm³/mol. The van der Waals surface area contributed by atoms with Gasteiger partial charge in [0.05, 0.1) is 4.91 Å². The van der Waals surface area contributed by atoms with E-state index in [0.29, 0.717) is 30.0 Å². The number of para-hydroxylation sites is 1. The molecule has 3 rings (SSSR count). The number of imide groups is 1. The molecule has 1 N–H and O–H groups in total. The lowest BCUT2D eigenvalue weighted by atomic mass is 9.94. The fourth-order valence-corrected chi connectivity index (χ4v) is 3.87. The van der Waals surface area contributed by atoms with Gasteiger partial charge in [0.25, 0.3) is 11.1 Å². The maximum atomic E-state index is 11.6. The normalized spacial score (nSPS) is 15.2. The summed E-state index contributed by atoms with van der Waals surface area (Å²) in [4.78, 5) is 23.2. The topological polar surface area (TPSA) is 64.6 Å². The molecule has 0 aromatic heterocycles. The summed E-state index contributed by atoms with van der Waals surface area (Å²) in [5.74, 6) is 2.11. The molecule has 1 aliphatic rings. The van der Waals surface area contributed by atoms with Gasteiger partial charge in [0, 0.05) is 0 Å². The number of nitrogens with one attached hydrogen (secondary N) is 1. The number of rotatable bonds is 8. The Kier molecular flexibility index (Phi) is 7.21. The first-order valence-electron chi connectivity index (χ1n) is 10.1. The Morgan fingerprint density at radius 2 is 1.50 bits per heavy atom. The summed E-state index contributed by atoms with van der Waals surface area (Å²) in [7, 11) is 0. The smallest absolute Gasteiger partial charge is 0.290 e. The van der Waals surface area contributed by atoms with Gasteiger partial charge in [-0.05, 0) is 58.5 Å². The molecule has 30 heavy (non-hydrogen) atoms. The molecule has 0 aliphatic carbocycles. The van der Waals surface area contributed by atoms with Crippen molar-refractivity contribution < 1.29 is 19.1 Å². The van der Waals surface area contributed by atoms with E-state index in [1.807, 2.05) is 24.3 Å². The second-order valence-electron chi connectivity index (χ2n) is 7.69. The van der Waals surface area contributed by atoms with Crippen LogP contribution in [-0.4, -0.2) is 24.4 Å². The van der Waals surface area contributed by atoms with Gasteiger partial charge < -0.3 is 9.47 Å². The Bertz CT molecular complexity index is 922. The van der Waals surface area contributed by atoms with Gasteiger partial charge in [-0.1, -0.05) is 58.0 Å². The van der Waals surface area contributed by atoms with E-state index in [1.54, 1.807) is 6.08 Å². The van der Waals surface area contributed by atoms with Crippen LogP contribution in [-0.2, 0) is 4.79 Å². The number of hydrogen-bond donors (Lipinski definition) is 1. The van der Waals surface area contributed by atoms with Crippen molar-refractivity contribution in [1.29, 1.82) is 0 Å². The van der Waals surface area contributed by atoms with Crippen LogP contribution in [0.1, 0.15) is 56.2 Å². The number of benzene rings is 2. The van der Waals surface area contributed by atoms with Crippen LogP contribution in [0.15, 0.2) is 47.4 Å². The van der Waals surface area contributed by atoms with Gasteiger partial charge in [0.2, 0.25) is 0 Å². The summed E-state index contributed by atoms with van der Waals surface area (Å²) in [6.07, 6.45) is 1.69. The second kappa shape index (κ2) is 9.85. The fourth-order valence-electron chi connectivity index (χ4n) is 3.19. The number of amides is 2. The van der Waals surface area contributed by atoms with Crippen LogP contribution in [0.2, 0.25) is 0 Å². The number of ether oxygens (including phenoxy) is 2. The van der Waals surface area contributed by atoms with E-state index in [9.17, 15) is 9.59 Å². The monoisotopic (exact) mass is 425 g/mol. The fraction of sp³-hybridized carbons (Fsp3) is 0.333. The van der Waals surface area contributed by atoms with Gasteiger partial charge in [-0.25, -0.2) is 0 Å². The molecule has 158 valence electrons. The third-order valence-electron chi connectivity index (χ3n) is 4.74. The first-order chi connectivity index (χ1) is 14.3. The summed E-state index contributed by atoms with van der Waals surface area (Å²) in [6, 6.07) is 13.7. The van der Waals surface area contributed by atoms with E-state index in [1.165, 1.54) is 11.1 Å². The Morgan fingerprint density at radius 3 is 2.03 bits per heavy atom. The average molecular weight is 426 g/mol. The van der Waals surface area contributed by atoms with Crippen LogP contribution < -0.4 is 14.8 Å². The number of carbonyl (C=O) groups is 2. The van der Waals surface area contributed by atoms with Gasteiger partial charge in [-0.15, -0.1) is 0 Å². The van der Waals surface area contributed by atoms with Crippen molar-refractivity contribution in [3.8, 4) is 11.5 Å². The van der Waals surface area contributed by atoms with E-state index in [2.05, 4.69) is 51.2 Å². The molecule has 6 heteroatoms. The van der Waals surface area contributed by atoms with E-state index in [-0.39, 0.29) is 11.1 Å². The summed E-state index contributed by atoms with van der Waals surface area (Å²) in [5.41, 5.74) is 3.26. The molecule has 0 unspecified atom stereocenters. The Labute approximate surface area is 181 Å². The number of carbonyl (C=O) groups excluding carboxylic acids is 2. The third-order valence-corrected chi connectivity index (χ3v) is 5.55. The first-order valence-corrected chi connectivity index (χ1v) is 10.9. The number of hydrogen-bond acceptors (Lipinski definition) is 5. The zero-order valence-electron chi connectivity index (χ0n) is 17.7. The molecule has 0 spiro atoms. The van der Waals surface area contributed by atoms with Gasteiger partial charge in [0.15, 0.2) is 0 Å². The molecule has 0 radical (unpaired) electrons. The zero-order valence-corrected chi connectivity index (χ0v) is 18.5. The molecule has 2 aromatic rings. The van der Waals surface area contributed by atoms with E-state index in [0.717, 1.165) is 28.8 Å². The van der Waals surface area contributed by atoms with Crippen molar-refractivity contribution in [3.05, 3.63) is 64.1 Å². The van der Waals surface area contributed by atoms with E-state index < -0.39 is 0 Å². The minimum Gasteiger partial charge on any atom is -0.490 e. The van der Waals surface area contributed by atoms with Gasteiger partial charge in [0.1, 0.15) is 24.7 Å². The summed E-state index contributed by atoms with van der Waals surface area (Å²) >= 11 is 0.907. The van der Waals surface area contributed by atoms with E-state index >= 15 is 0 Å². The van der Waals surface area contributed by atoms with Crippen molar-refractivity contribution >= 4 is 29.0 Å². The van der Waals surface area contributed by atoms with Crippen molar-refractivity contribution in [3.63, 3.8) is 0 Å². The van der Waals surface area contributed by atoms with Gasteiger partial charge in [-0.2, -0.15) is 0 Å². The zero-order chi connectivity index (χ0) is 21.7. The molecule has 2 amide bonds. The SMILES string of the molecule is CC(C)c1cccc(C(C)C)c1OCCOc1ccc(/C=C2\SC(=O)NC2=O)cc1. The molecule has 1 heterocycles. The van der Waals surface area contributed by atoms with Crippen molar-refractivity contribution in [2.75, 3.05) is 13.2 Å². The Morgan fingerprint density at radius 1 is 0.900 bits per heavy atom. The lowest BCUT2D eigenvalue weighted by Crippen LogP contribution is -2.17. The molecule has 1 fully saturated rings. The van der Waals surface area contributed by atoms with Crippen LogP contribution in [0.3, 0.4) is 0 Å². The Balaban J connectivity index is 1.57. The maximum Gasteiger partial charge on any atom is 0.290 e. The molecular formula is C24H27NO4S. The van der Waals surface area contributed by atoms with Crippen LogP contribution in [0.25, 0.3) is 6.08 Å². The highest BCUT2D eigenvalue weighted by Crippen LogP contribution is 2.34. The van der Waals surface area contributed by atoms with Crippen molar-refractivity contribution in [2.45, 2.75) is 39.5 Å². The summed E-state index contributed by atoms with van der Waals surface area (Å²) < 4.78 is 11.9. The van der Waals surface area contributed by atoms with E-state index in [4.69, 9.17) is 9.47 Å². The molecule has 0 saturated carbocycles. The largest absolute Gasteiger partial charge is 0.490 e. The maximum absolute atomic E-state index is 11.6. The highest BCUT2D eigenvalue weighted by Gasteiger charge is 2.24.